The monoisotopic (exact) mass is 164 g/mol. The predicted molar refractivity (Wildman–Crippen MR) is 47.0 cm³/mol. The van der Waals surface area contributed by atoms with E-state index in [0.717, 1.165) is 18.5 Å². The third-order valence-corrected chi connectivity index (χ3v) is 1.43. The zero-order valence-corrected chi connectivity index (χ0v) is 7.32. The first-order valence-electron chi connectivity index (χ1n) is 3.78. The van der Waals surface area contributed by atoms with Crippen molar-refractivity contribution in [2.45, 2.75) is 6.54 Å². The SMILES string of the molecule is CN(C)Cc1cccc(C=O)n1. The van der Waals surface area contributed by atoms with Gasteiger partial charge >= 0.3 is 0 Å². The molecule has 1 rings (SSSR count). The summed E-state index contributed by atoms with van der Waals surface area (Å²) in [6.45, 7) is 0.766. The molecule has 0 bridgehead atoms. The van der Waals surface area contributed by atoms with Gasteiger partial charge in [-0.05, 0) is 26.2 Å². The molecule has 3 nitrogen and oxygen atoms in total. The Bertz CT molecular complexity index is 271. The van der Waals surface area contributed by atoms with Gasteiger partial charge in [0.15, 0.2) is 6.29 Å². The van der Waals surface area contributed by atoms with Crippen LogP contribution in [0.25, 0.3) is 0 Å². The van der Waals surface area contributed by atoms with Crippen molar-refractivity contribution < 1.29 is 4.79 Å². The average Bonchev–Trinajstić information content (AvgIpc) is 2.03. The van der Waals surface area contributed by atoms with Crippen molar-refractivity contribution in [2.24, 2.45) is 0 Å². The fourth-order valence-electron chi connectivity index (χ4n) is 0.976. The molecule has 0 fully saturated rings. The number of carbonyl (C=O) groups excluding carboxylic acids is 1. The zero-order valence-electron chi connectivity index (χ0n) is 7.32. The molecule has 0 aromatic carbocycles. The predicted octanol–water partition coefficient (Wildman–Crippen LogP) is 0.956. The highest BCUT2D eigenvalue weighted by Gasteiger charge is 1.97. The minimum atomic E-state index is 0.495. The van der Waals surface area contributed by atoms with Crippen LogP contribution in [0.5, 0.6) is 0 Å². The second-order valence-electron chi connectivity index (χ2n) is 2.91. The topological polar surface area (TPSA) is 33.2 Å². The van der Waals surface area contributed by atoms with Crippen molar-refractivity contribution >= 4 is 6.29 Å². The van der Waals surface area contributed by atoms with Gasteiger partial charge in [-0.3, -0.25) is 4.79 Å². The van der Waals surface area contributed by atoms with Crippen LogP contribution in [0, 0.1) is 0 Å². The maximum atomic E-state index is 10.4. The summed E-state index contributed by atoms with van der Waals surface area (Å²) in [6, 6.07) is 5.45. The lowest BCUT2D eigenvalue weighted by molar-refractivity contribution is 0.111. The smallest absolute Gasteiger partial charge is 0.168 e. The highest BCUT2D eigenvalue weighted by molar-refractivity contribution is 5.71. The second-order valence-corrected chi connectivity index (χ2v) is 2.91. The molecular formula is C9H12N2O. The summed E-state index contributed by atoms with van der Waals surface area (Å²) in [6.07, 6.45) is 0.763. The number of aldehydes is 1. The van der Waals surface area contributed by atoms with Crippen LogP contribution in [0.15, 0.2) is 18.2 Å². The van der Waals surface area contributed by atoms with Gasteiger partial charge in [-0.25, -0.2) is 4.98 Å². The maximum Gasteiger partial charge on any atom is 0.168 e. The molecule has 0 radical (unpaired) electrons. The summed E-state index contributed by atoms with van der Waals surface area (Å²) >= 11 is 0. The second kappa shape index (κ2) is 3.97. The summed E-state index contributed by atoms with van der Waals surface area (Å²) in [5, 5.41) is 0. The lowest BCUT2D eigenvalue weighted by Gasteiger charge is -2.08. The van der Waals surface area contributed by atoms with Gasteiger partial charge in [0, 0.05) is 6.54 Å². The van der Waals surface area contributed by atoms with Crippen LogP contribution in [0.2, 0.25) is 0 Å². The van der Waals surface area contributed by atoms with Gasteiger partial charge in [0.2, 0.25) is 0 Å². The van der Waals surface area contributed by atoms with Crippen LogP contribution >= 0.6 is 0 Å². The van der Waals surface area contributed by atoms with Crippen molar-refractivity contribution in [3.8, 4) is 0 Å². The summed E-state index contributed by atoms with van der Waals surface area (Å²) in [7, 11) is 3.94. The molecule has 0 saturated heterocycles. The Labute approximate surface area is 72.0 Å². The molecule has 0 aliphatic heterocycles. The molecule has 0 amide bonds. The van der Waals surface area contributed by atoms with E-state index in [1.807, 2.05) is 31.1 Å². The largest absolute Gasteiger partial charge is 0.304 e. The molecule has 64 valence electrons. The Morgan fingerprint density at radius 1 is 1.50 bits per heavy atom. The molecule has 1 aromatic heterocycles. The number of carbonyl (C=O) groups is 1. The molecule has 0 unspecified atom stereocenters. The van der Waals surface area contributed by atoms with Crippen molar-refractivity contribution in [3.63, 3.8) is 0 Å². The minimum absolute atomic E-state index is 0.495. The van der Waals surface area contributed by atoms with E-state index in [4.69, 9.17) is 0 Å². The summed E-state index contributed by atoms with van der Waals surface area (Å²) < 4.78 is 0. The molecule has 1 heterocycles. The first kappa shape index (κ1) is 8.87. The number of hydrogen-bond donors (Lipinski definition) is 0. The molecule has 0 N–H and O–H groups in total. The minimum Gasteiger partial charge on any atom is -0.304 e. The maximum absolute atomic E-state index is 10.4. The standard InChI is InChI=1S/C9H12N2O/c1-11(2)6-8-4-3-5-9(7-12)10-8/h3-5,7H,6H2,1-2H3. The molecule has 0 spiro atoms. The van der Waals surface area contributed by atoms with Crippen LogP contribution in [0.3, 0.4) is 0 Å². The summed E-state index contributed by atoms with van der Waals surface area (Å²) in [5.74, 6) is 0. The number of rotatable bonds is 3. The Morgan fingerprint density at radius 2 is 2.25 bits per heavy atom. The highest BCUT2D eigenvalue weighted by atomic mass is 16.1. The van der Waals surface area contributed by atoms with E-state index >= 15 is 0 Å². The third kappa shape index (κ3) is 2.43. The first-order chi connectivity index (χ1) is 5.72. The number of pyridine rings is 1. The van der Waals surface area contributed by atoms with E-state index in [-0.39, 0.29) is 0 Å². The average molecular weight is 164 g/mol. The van der Waals surface area contributed by atoms with Crippen LogP contribution < -0.4 is 0 Å². The summed E-state index contributed by atoms with van der Waals surface area (Å²) in [4.78, 5) is 16.5. The van der Waals surface area contributed by atoms with Crippen molar-refractivity contribution in [2.75, 3.05) is 14.1 Å². The van der Waals surface area contributed by atoms with E-state index in [2.05, 4.69) is 4.98 Å². The zero-order chi connectivity index (χ0) is 8.97. The Hall–Kier alpha value is -1.22. The van der Waals surface area contributed by atoms with Crippen molar-refractivity contribution in [1.29, 1.82) is 0 Å². The van der Waals surface area contributed by atoms with Crippen molar-refractivity contribution in [1.82, 2.24) is 9.88 Å². The Kier molecular flexibility index (Phi) is 2.94. The van der Waals surface area contributed by atoms with Gasteiger partial charge in [0.25, 0.3) is 0 Å². The van der Waals surface area contributed by atoms with Gasteiger partial charge < -0.3 is 4.90 Å². The fraction of sp³-hybridized carbons (Fsp3) is 0.333. The van der Waals surface area contributed by atoms with Crippen LogP contribution in [-0.4, -0.2) is 30.3 Å². The molecule has 0 aliphatic carbocycles. The van der Waals surface area contributed by atoms with Crippen LogP contribution in [-0.2, 0) is 6.54 Å². The quantitative estimate of drug-likeness (QED) is 0.624. The van der Waals surface area contributed by atoms with Gasteiger partial charge in [-0.15, -0.1) is 0 Å². The first-order valence-corrected chi connectivity index (χ1v) is 3.78. The number of nitrogens with zero attached hydrogens (tertiary/aromatic N) is 2. The van der Waals surface area contributed by atoms with Crippen LogP contribution in [0.4, 0.5) is 0 Å². The van der Waals surface area contributed by atoms with Gasteiger partial charge in [0.05, 0.1) is 5.69 Å². The molecule has 1 aromatic rings. The Morgan fingerprint density at radius 3 is 2.83 bits per heavy atom. The highest BCUT2D eigenvalue weighted by Crippen LogP contribution is 1.99. The number of aromatic nitrogens is 1. The third-order valence-electron chi connectivity index (χ3n) is 1.43. The van der Waals surface area contributed by atoms with E-state index in [1.165, 1.54) is 0 Å². The molecule has 3 heteroatoms. The van der Waals surface area contributed by atoms with E-state index in [9.17, 15) is 4.79 Å². The lowest BCUT2D eigenvalue weighted by Crippen LogP contribution is -2.12. The van der Waals surface area contributed by atoms with Gasteiger partial charge in [-0.1, -0.05) is 6.07 Å². The fourth-order valence-corrected chi connectivity index (χ4v) is 0.976. The molecule has 0 atom stereocenters. The van der Waals surface area contributed by atoms with E-state index in [1.54, 1.807) is 6.07 Å². The van der Waals surface area contributed by atoms with Gasteiger partial charge in [0.1, 0.15) is 5.69 Å². The molecule has 12 heavy (non-hydrogen) atoms. The van der Waals surface area contributed by atoms with E-state index in [0.29, 0.717) is 5.69 Å². The normalized spacial score (nSPS) is 10.2. The van der Waals surface area contributed by atoms with Crippen molar-refractivity contribution in [3.05, 3.63) is 29.6 Å². The van der Waals surface area contributed by atoms with E-state index < -0.39 is 0 Å². The van der Waals surface area contributed by atoms with Crippen LogP contribution in [0.1, 0.15) is 16.2 Å². The van der Waals surface area contributed by atoms with Gasteiger partial charge in [-0.2, -0.15) is 0 Å². The molecular weight excluding hydrogens is 152 g/mol. The Balaban J connectivity index is 2.79. The number of hydrogen-bond acceptors (Lipinski definition) is 3. The summed E-state index contributed by atoms with van der Waals surface area (Å²) in [5.41, 5.74) is 1.42. The molecule has 0 saturated carbocycles. The molecule has 0 aliphatic rings. The lowest BCUT2D eigenvalue weighted by atomic mass is 10.3.